The minimum atomic E-state index is -0.921. The normalized spacial score (nSPS) is 9.73. The van der Waals surface area contributed by atoms with Crippen LogP contribution in [0.1, 0.15) is 15.9 Å². The highest BCUT2D eigenvalue weighted by Crippen LogP contribution is 2.15. The number of hydrogen-bond acceptors (Lipinski definition) is 3. The maximum Gasteiger partial charge on any atom is 0.337 e. The van der Waals surface area contributed by atoms with Gasteiger partial charge in [0.15, 0.2) is 0 Å². The quantitative estimate of drug-likeness (QED) is 0.680. The number of halogens is 1. The summed E-state index contributed by atoms with van der Waals surface area (Å²) < 4.78 is 5.37. The summed E-state index contributed by atoms with van der Waals surface area (Å²) in [7, 11) is 1.29. The van der Waals surface area contributed by atoms with Crippen molar-refractivity contribution in [2.24, 2.45) is 0 Å². The summed E-state index contributed by atoms with van der Waals surface area (Å²) in [5.74, 6) is -1.38. The fourth-order valence-corrected chi connectivity index (χ4v) is 1.64. The van der Waals surface area contributed by atoms with Crippen molar-refractivity contribution in [3.63, 3.8) is 0 Å². The summed E-state index contributed by atoms with van der Waals surface area (Å²) >= 11 is 2.03. The van der Waals surface area contributed by atoms with Gasteiger partial charge in [-0.3, -0.25) is 4.79 Å². The highest BCUT2D eigenvalue weighted by atomic mass is 127. The molecule has 0 aliphatic rings. The minimum absolute atomic E-state index is 0.0941. The number of methoxy groups -OCH3 is 1. The average molecular weight is 320 g/mol. The molecule has 0 aromatic heterocycles. The SMILES string of the molecule is COC(=O)c1ccc(I)c(CC(=O)O)c1. The molecule has 0 aliphatic carbocycles. The third kappa shape index (κ3) is 3.19. The van der Waals surface area contributed by atoms with Crippen molar-refractivity contribution in [1.82, 2.24) is 0 Å². The monoisotopic (exact) mass is 320 g/mol. The predicted octanol–water partition coefficient (Wildman–Crippen LogP) is 1.70. The topological polar surface area (TPSA) is 63.6 Å². The number of carbonyl (C=O) groups excluding carboxylic acids is 1. The Balaban J connectivity index is 3.05. The number of carboxylic acid groups (broad SMARTS) is 1. The van der Waals surface area contributed by atoms with Crippen molar-refractivity contribution in [2.75, 3.05) is 7.11 Å². The van der Waals surface area contributed by atoms with Crippen LogP contribution in [0.5, 0.6) is 0 Å². The molecule has 4 nitrogen and oxygen atoms in total. The van der Waals surface area contributed by atoms with E-state index in [1.807, 2.05) is 22.6 Å². The smallest absolute Gasteiger partial charge is 0.337 e. The summed E-state index contributed by atoms with van der Waals surface area (Å²) in [5, 5.41) is 8.66. The molecule has 0 heterocycles. The van der Waals surface area contributed by atoms with E-state index in [1.54, 1.807) is 18.2 Å². The molecule has 1 rings (SSSR count). The Hall–Kier alpha value is -1.11. The first kappa shape index (κ1) is 12.0. The lowest BCUT2D eigenvalue weighted by Gasteiger charge is -2.04. The number of carbonyl (C=O) groups is 2. The van der Waals surface area contributed by atoms with E-state index in [2.05, 4.69) is 4.74 Å². The molecule has 1 aromatic carbocycles. The van der Waals surface area contributed by atoms with Crippen LogP contribution < -0.4 is 0 Å². The van der Waals surface area contributed by atoms with Gasteiger partial charge < -0.3 is 9.84 Å². The number of carboxylic acids is 1. The molecule has 0 atom stereocenters. The van der Waals surface area contributed by atoms with Gasteiger partial charge in [0.1, 0.15) is 0 Å². The number of esters is 1. The van der Waals surface area contributed by atoms with Gasteiger partial charge in [-0.2, -0.15) is 0 Å². The number of benzene rings is 1. The molecular formula is C10H9IO4. The highest BCUT2D eigenvalue weighted by molar-refractivity contribution is 14.1. The lowest BCUT2D eigenvalue weighted by Crippen LogP contribution is -2.06. The molecule has 0 spiro atoms. The highest BCUT2D eigenvalue weighted by Gasteiger charge is 2.10. The number of hydrogen-bond donors (Lipinski definition) is 1. The molecule has 1 N–H and O–H groups in total. The van der Waals surface area contributed by atoms with Gasteiger partial charge in [-0.25, -0.2) is 4.79 Å². The summed E-state index contributed by atoms with van der Waals surface area (Å²) in [6.45, 7) is 0. The molecule has 0 radical (unpaired) electrons. The van der Waals surface area contributed by atoms with Crippen molar-refractivity contribution in [3.05, 3.63) is 32.9 Å². The van der Waals surface area contributed by atoms with Crippen molar-refractivity contribution >= 4 is 34.5 Å². The molecule has 80 valence electrons. The van der Waals surface area contributed by atoms with Crippen LogP contribution in [0.15, 0.2) is 18.2 Å². The van der Waals surface area contributed by atoms with Gasteiger partial charge in [-0.1, -0.05) is 0 Å². The van der Waals surface area contributed by atoms with E-state index in [4.69, 9.17) is 5.11 Å². The van der Waals surface area contributed by atoms with E-state index < -0.39 is 11.9 Å². The maximum atomic E-state index is 11.2. The third-order valence-electron chi connectivity index (χ3n) is 1.81. The van der Waals surface area contributed by atoms with Gasteiger partial charge in [0.2, 0.25) is 0 Å². The van der Waals surface area contributed by atoms with Crippen LogP contribution >= 0.6 is 22.6 Å². The van der Waals surface area contributed by atoms with Crippen LogP contribution in [0, 0.1) is 3.57 Å². The fraction of sp³-hybridized carbons (Fsp3) is 0.200. The molecule has 0 saturated heterocycles. The molecule has 0 aliphatic heterocycles. The van der Waals surface area contributed by atoms with Crippen LogP contribution in [-0.2, 0) is 16.0 Å². The van der Waals surface area contributed by atoms with Gasteiger partial charge in [0, 0.05) is 3.57 Å². The zero-order chi connectivity index (χ0) is 11.4. The van der Waals surface area contributed by atoms with E-state index >= 15 is 0 Å². The first-order valence-electron chi connectivity index (χ1n) is 4.13. The molecule has 0 fully saturated rings. The predicted molar refractivity (Wildman–Crippen MR) is 61.8 cm³/mol. The molecule has 0 saturated carbocycles. The number of rotatable bonds is 3. The largest absolute Gasteiger partial charge is 0.481 e. The van der Waals surface area contributed by atoms with E-state index in [1.165, 1.54) is 7.11 Å². The Morgan fingerprint density at radius 2 is 2.13 bits per heavy atom. The van der Waals surface area contributed by atoms with Gasteiger partial charge in [0.25, 0.3) is 0 Å². The number of ether oxygens (including phenoxy) is 1. The minimum Gasteiger partial charge on any atom is -0.481 e. The average Bonchev–Trinajstić information content (AvgIpc) is 2.19. The van der Waals surface area contributed by atoms with Crippen LogP contribution in [-0.4, -0.2) is 24.2 Å². The Morgan fingerprint density at radius 3 is 2.67 bits per heavy atom. The lowest BCUT2D eigenvalue weighted by atomic mass is 10.1. The second kappa shape index (κ2) is 5.11. The molecule has 0 unspecified atom stereocenters. The van der Waals surface area contributed by atoms with Crippen LogP contribution in [0.2, 0.25) is 0 Å². The zero-order valence-corrected chi connectivity index (χ0v) is 10.1. The summed E-state index contributed by atoms with van der Waals surface area (Å²) in [6.07, 6.45) is -0.0941. The van der Waals surface area contributed by atoms with Crippen LogP contribution in [0.3, 0.4) is 0 Å². The maximum absolute atomic E-state index is 11.2. The Kier molecular flexibility index (Phi) is 4.07. The molecule has 0 bridgehead atoms. The van der Waals surface area contributed by atoms with Gasteiger partial charge in [-0.15, -0.1) is 0 Å². The first-order chi connectivity index (χ1) is 7.04. The van der Waals surface area contributed by atoms with Crippen molar-refractivity contribution in [2.45, 2.75) is 6.42 Å². The van der Waals surface area contributed by atoms with Gasteiger partial charge in [-0.05, 0) is 46.4 Å². The number of aliphatic carboxylic acids is 1. The van der Waals surface area contributed by atoms with Crippen molar-refractivity contribution in [3.8, 4) is 0 Å². The Labute approximate surface area is 100 Å². The summed E-state index contributed by atoms with van der Waals surface area (Å²) in [5.41, 5.74) is 0.986. The molecule has 15 heavy (non-hydrogen) atoms. The summed E-state index contributed by atoms with van der Waals surface area (Å²) in [6, 6.07) is 4.85. The van der Waals surface area contributed by atoms with Crippen LogP contribution in [0.25, 0.3) is 0 Å². The second-order valence-corrected chi connectivity index (χ2v) is 4.03. The fourth-order valence-electron chi connectivity index (χ4n) is 1.12. The van der Waals surface area contributed by atoms with Crippen molar-refractivity contribution in [1.29, 1.82) is 0 Å². The zero-order valence-electron chi connectivity index (χ0n) is 7.99. The van der Waals surface area contributed by atoms with E-state index in [0.717, 1.165) is 3.57 Å². The van der Waals surface area contributed by atoms with Crippen molar-refractivity contribution < 1.29 is 19.4 Å². The van der Waals surface area contributed by atoms with E-state index in [-0.39, 0.29) is 6.42 Å². The Bertz CT molecular complexity index is 400. The second-order valence-electron chi connectivity index (χ2n) is 2.87. The van der Waals surface area contributed by atoms with E-state index in [0.29, 0.717) is 11.1 Å². The van der Waals surface area contributed by atoms with Crippen LogP contribution in [0.4, 0.5) is 0 Å². The Morgan fingerprint density at radius 1 is 1.47 bits per heavy atom. The van der Waals surface area contributed by atoms with Gasteiger partial charge >= 0.3 is 11.9 Å². The lowest BCUT2D eigenvalue weighted by molar-refractivity contribution is -0.136. The molecule has 1 aromatic rings. The van der Waals surface area contributed by atoms with E-state index in [9.17, 15) is 9.59 Å². The standard InChI is InChI=1S/C10H9IO4/c1-15-10(14)6-2-3-8(11)7(4-6)5-9(12)13/h2-4H,5H2,1H3,(H,12,13). The molecule has 0 amide bonds. The summed E-state index contributed by atoms with van der Waals surface area (Å²) in [4.78, 5) is 21.7. The first-order valence-corrected chi connectivity index (χ1v) is 5.21. The molecule has 5 heteroatoms. The van der Waals surface area contributed by atoms with Gasteiger partial charge in [0.05, 0.1) is 19.1 Å². The molecular weight excluding hydrogens is 311 g/mol. The third-order valence-corrected chi connectivity index (χ3v) is 2.86.